The third kappa shape index (κ3) is 2.98. The molecule has 0 aliphatic heterocycles. The topological polar surface area (TPSA) is 114 Å². The minimum Gasteiger partial charge on any atom is -0.462 e. The molecule has 2 heterocycles. The standard InChI is InChI=1S/C13H17N3O5S/c1-5-20-13(17)11-8(3)14-9(4)12(11)22(18,19)16-10-6-7(2)21-15-10/h6,14H,5H2,1-4H3,(H,15,16). The molecule has 8 nitrogen and oxygen atoms in total. The number of aromatic amines is 1. The van der Waals surface area contributed by atoms with Crippen molar-refractivity contribution in [2.24, 2.45) is 0 Å². The molecule has 0 aliphatic rings. The van der Waals surface area contributed by atoms with Gasteiger partial charge in [-0.3, -0.25) is 4.72 Å². The van der Waals surface area contributed by atoms with Gasteiger partial charge in [0.2, 0.25) is 0 Å². The van der Waals surface area contributed by atoms with Gasteiger partial charge in [0.25, 0.3) is 10.0 Å². The van der Waals surface area contributed by atoms with E-state index in [-0.39, 0.29) is 22.9 Å². The number of carbonyl (C=O) groups excluding carboxylic acids is 1. The molecule has 0 bridgehead atoms. The van der Waals surface area contributed by atoms with Gasteiger partial charge in [-0.25, -0.2) is 13.2 Å². The van der Waals surface area contributed by atoms with Crippen LogP contribution in [0.2, 0.25) is 0 Å². The molecule has 0 spiro atoms. The average molecular weight is 327 g/mol. The number of aromatic nitrogens is 2. The van der Waals surface area contributed by atoms with Crippen LogP contribution in [0.3, 0.4) is 0 Å². The summed E-state index contributed by atoms with van der Waals surface area (Å²) in [6, 6.07) is 1.44. The van der Waals surface area contributed by atoms with E-state index < -0.39 is 16.0 Å². The molecule has 0 fully saturated rings. The zero-order valence-corrected chi connectivity index (χ0v) is 13.5. The van der Waals surface area contributed by atoms with Crippen LogP contribution >= 0.6 is 0 Å². The van der Waals surface area contributed by atoms with Crippen LogP contribution in [0.15, 0.2) is 15.5 Å². The van der Waals surface area contributed by atoms with Crippen molar-refractivity contribution in [3.63, 3.8) is 0 Å². The van der Waals surface area contributed by atoms with E-state index in [4.69, 9.17) is 9.26 Å². The van der Waals surface area contributed by atoms with Crippen molar-refractivity contribution >= 4 is 21.8 Å². The second kappa shape index (κ2) is 5.84. The summed E-state index contributed by atoms with van der Waals surface area (Å²) in [5, 5.41) is 3.58. The minimum absolute atomic E-state index is 0.00735. The van der Waals surface area contributed by atoms with Gasteiger partial charge in [-0.1, -0.05) is 5.16 Å². The van der Waals surface area contributed by atoms with Crippen molar-refractivity contribution in [1.29, 1.82) is 0 Å². The summed E-state index contributed by atoms with van der Waals surface area (Å²) in [5.74, 6) is -0.183. The van der Waals surface area contributed by atoms with Crippen LogP contribution in [0.25, 0.3) is 0 Å². The fourth-order valence-corrected chi connectivity index (χ4v) is 3.58. The van der Waals surface area contributed by atoms with Crippen LogP contribution in [-0.4, -0.2) is 31.1 Å². The number of ether oxygens (including phenoxy) is 1. The summed E-state index contributed by atoms with van der Waals surface area (Å²) >= 11 is 0. The highest BCUT2D eigenvalue weighted by molar-refractivity contribution is 7.92. The number of sulfonamides is 1. The Balaban J connectivity index is 2.48. The van der Waals surface area contributed by atoms with Crippen LogP contribution in [0.1, 0.15) is 34.4 Å². The second-order valence-electron chi connectivity index (χ2n) is 4.73. The minimum atomic E-state index is -4.01. The van der Waals surface area contributed by atoms with E-state index in [1.54, 1.807) is 27.7 Å². The number of esters is 1. The number of anilines is 1. The van der Waals surface area contributed by atoms with Crippen molar-refractivity contribution in [1.82, 2.24) is 10.1 Å². The van der Waals surface area contributed by atoms with Gasteiger partial charge >= 0.3 is 5.97 Å². The Hall–Kier alpha value is -2.29. The van der Waals surface area contributed by atoms with E-state index in [0.717, 1.165) is 0 Å². The second-order valence-corrected chi connectivity index (χ2v) is 6.35. The van der Waals surface area contributed by atoms with Crippen molar-refractivity contribution in [3.8, 4) is 0 Å². The highest BCUT2D eigenvalue weighted by Crippen LogP contribution is 2.26. The van der Waals surface area contributed by atoms with Crippen LogP contribution in [0.5, 0.6) is 0 Å². The van der Waals surface area contributed by atoms with Crippen LogP contribution in [0, 0.1) is 20.8 Å². The molecule has 0 saturated carbocycles. The Bertz CT molecular complexity index is 804. The number of hydrogen-bond donors (Lipinski definition) is 2. The molecular formula is C13H17N3O5S. The quantitative estimate of drug-likeness (QED) is 0.811. The third-order valence-corrected chi connectivity index (χ3v) is 4.46. The lowest BCUT2D eigenvalue weighted by atomic mass is 10.2. The number of hydrogen-bond acceptors (Lipinski definition) is 6. The summed E-state index contributed by atoms with van der Waals surface area (Å²) in [6.45, 7) is 6.62. The predicted molar refractivity (Wildman–Crippen MR) is 78.3 cm³/mol. The highest BCUT2D eigenvalue weighted by Gasteiger charge is 2.30. The Kier molecular flexibility index (Phi) is 4.27. The average Bonchev–Trinajstić information content (AvgIpc) is 2.92. The van der Waals surface area contributed by atoms with Gasteiger partial charge in [-0.2, -0.15) is 0 Å². The highest BCUT2D eigenvalue weighted by atomic mass is 32.2. The van der Waals surface area contributed by atoms with Gasteiger partial charge in [-0.15, -0.1) is 0 Å². The molecule has 2 aromatic rings. The zero-order chi connectivity index (χ0) is 16.5. The molecule has 2 rings (SSSR count). The summed E-state index contributed by atoms with van der Waals surface area (Å²) < 4.78 is 37.1. The summed E-state index contributed by atoms with van der Waals surface area (Å²) in [6.07, 6.45) is 0. The van der Waals surface area contributed by atoms with E-state index in [2.05, 4.69) is 14.9 Å². The maximum atomic E-state index is 12.6. The Morgan fingerprint density at radius 3 is 2.59 bits per heavy atom. The van der Waals surface area contributed by atoms with Gasteiger partial charge in [-0.05, 0) is 27.7 Å². The number of aryl methyl sites for hydroxylation is 3. The molecule has 2 N–H and O–H groups in total. The maximum Gasteiger partial charge on any atom is 0.341 e. The van der Waals surface area contributed by atoms with Gasteiger partial charge in [0.15, 0.2) is 5.82 Å². The monoisotopic (exact) mass is 327 g/mol. The summed E-state index contributed by atoms with van der Waals surface area (Å²) in [7, 11) is -4.01. The van der Waals surface area contributed by atoms with Crippen LogP contribution in [-0.2, 0) is 14.8 Å². The number of nitrogens with one attached hydrogen (secondary N) is 2. The molecular weight excluding hydrogens is 310 g/mol. The Morgan fingerprint density at radius 2 is 2.05 bits per heavy atom. The van der Waals surface area contributed by atoms with E-state index in [1.807, 2.05) is 0 Å². The van der Waals surface area contributed by atoms with Crippen molar-refractivity contribution < 1.29 is 22.5 Å². The Labute approximate surface area is 127 Å². The normalized spacial score (nSPS) is 11.5. The fourth-order valence-electron chi connectivity index (χ4n) is 2.15. The molecule has 0 unspecified atom stereocenters. The van der Waals surface area contributed by atoms with E-state index in [0.29, 0.717) is 17.1 Å². The number of nitrogens with zero attached hydrogens (tertiary/aromatic N) is 1. The molecule has 2 aromatic heterocycles. The van der Waals surface area contributed by atoms with Crippen molar-refractivity contribution in [2.45, 2.75) is 32.6 Å². The molecule has 0 aromatic carbocycles. The third-order valence-electron chi connectivity index (χ3n) is 2.93. The molecule has 9 heteroatoms. The van der Waals surface area contributed by atoms with E-state index in [1.165, 1.54) is 6.07 Å². The lowest BCUT2D eigenvalue weighted by Crippen LogP contribution is -2.18. The summed E-state index contributed by atoms with van der Waals surface area (Å²) in [4.78, 5) is 14.7. The lowest BCUT2D eigenvalue weighted by Gasteiger charge is -2.08. The largest absolute Gasteiger partial charge is 0.462 e. The van der Waals surface area contributed by atoms with Gasteiger partial charge in [0.1, 0.15) is 16.2 Å². The number of carbonyl (C=O) groups is 1. The first kappa shape index (κ1) is 16.1. The SMILES string of the molecule is CCOC(=O)c1c(C)[nH]c(C)c1S(=O)(=O)Nc1cc(C)on1. The summed E-state index contributed by atoms with van der Waals surface area (Å²) in [5.41, 5.74) is 0.757. The predicted octanol–water partition coefficient (Wildman–Crippen LogP) is 1.91. The number of H-pyrrole nitrogens is 1. The van der Waals surface area contributed by atoms with Crippen molar-refractivity contribution in [2.75, 3.05) is 11.3 Å². The maximum absolute atomic E-state index is 12.6. The zero-order valence-electron chi connectivity index (χ0n) is 12.7. The first-order valence-electron chi connectivity index (χ1n) is 6.58. The van der Waals surface area contributed by atoms with E-state index >= 15 is 0 Å². The van der Waals surface area contributed by atoms with Crippen LogP contribution < -0.4 is 4.72 Å². The lowest BCUT2D eigenvalue weighted by molar-refractivity contribution is 0.0521. The molecule has 0 atom stereocenters. The molecule has 22 heavy (non-hydrogen) atoms. The molecule has 0 saturated heterocycles. The van der Waals surface area contributed by atoms with Gasteiger partial charge in [0.05, 0.1) is 6.61 Å². The first-order chi connectivity index (χ1) is 10.3. The molecule has 0 radical (unpaired) electrons. The molecule has 120 valence electrons. The fraction of sp³-hybridized carbons (Fsp3) is 0.385. The number of rotatable bonds is 5. The smallest absolute Gasteiger partial charge is 0.341 e. The first-order valence-corrected chi connectivity index (χ1v) is 8.07. The Morgan fingerprint density at radius 1 is 1.36 bits per heavy atom. The van der Waals surface area contributed by atoms with Crippen LogP contribution in [0.4, 0.5) is 5.82 Å². The molecule has 0 amide bonds. The van der Waals surface area contributed by atoms with Gasteiger partial charge in [0, 0.05) is 17.5 Å². The molecule has 0 aliphatic carbocycles. The van der Waals surface area contributed by atoms with E-state index in [9.17, 15) is 13.2 Å². The van der Waals surface area contributed by atoms with Gasteiger partial charge < -0.3 is 14.2 Å². The van der Waals surface area contributed by atoms with Crippen molar-refractivity contribution in [3.05, 3.63) is 28.8 Å².